The zero-order chi connectivity index (χ0) is 17.6. The molecule has 138 valence electrons. The summed E-state index contributed by atoms with van der Waals surface area (Å²) in [4.78, 5) is 18.8. The van der Waals surface area contributed by atoms with Gasteiger partial charge in [-0.05, 0) is 38.2 Å². The van der Waals surface area contributed by atoms with Crippen LogP contribution in [0.3, 0.4) is 0 Å². The van der Waals surface area contributed by atoms with Gasteiger partial charge in [0.1, 0.15) is 0 Å². The second-order valence-electron chi connectivity index (χ2n) is 7.06. The molecule has 0 bridgehead atoms. The summed E-state index contributed by atoms with van der Waals surface area (Å²) in [5.41, 5.74) is 1.30. The van der Waals surface area contributed by atoms with Crippen LogP contribution in [0.15, 0.2) is 17.4 Å². The molecule has 7 heteroatoms. The van der Waals surface area contributed by atoms with E-state index in [0.29, 0.717) is 24.9 Å². The molecule has 2 fully saturated rings. The van der Waals surface area contributed by atoms with Crippen LogP contribution in [0.1, 0.15) is 50.5 Å². The van der Waals surface area contributed by atoms with E-state index in [9.17, 15) is 4.79 Å². The molecular formula is C18H30N6O. The number of hydrogen-bond donors (Lipinski definition) is 2. The van der Waals surface area contributed by atoms with Gasteiger partial charge in [0.05, 0.1) is 6.20 Å². The van der Waals surface area contributed by atoms with Crippen LogP contribution in [0.2, 0.25) is 0 Å². The Balaban J connectivity index is 1.47. The average molecular weight is 346 g/mol. The second-order valence-corrected chi connectivity index (χ2v) is 7.06. The number of rotatable bonds is 7. The SMILES string of the molecule is CCNC(=NCCCC(=O)NC1CC1)N1CCC(c2cnn(C)c2)C1. The van der Waals surface area contributed by atoms with Gasteiger partial charge in [-0.15, -0.1) is 0 Å². The third kappa shape index (κ3) is 5.21. The number of carbonyl (C=O) groups is 1. The van der Waals surface area contributed by atoms with Crippen LogP contribution < -0.4 is 10.6 Å². The van der Waals surface area contributed by atoms with Crippen molar-refractivity contribution in [3.63, 3.8) is 0 Å². The maximum atomic E-state index is 11.7. The molecule has 1 saturated carbocycles. The maximum Gasteiger partial charge on any atom is 0.220 e. The number of carbonyl (C=O) groups excluding carboxylic acids is 1. The minimum absolute atomic E-state index is 0.167. The summed E-state index contributed by atoms with van der Waals surface area (Å²) in [6.45, 7) is 5.62. The first kappa shape index (κ1) is 17.8. The van der Waals surface area contributed by atoms with E-state index in [2.05, 4.69) is 33.8 Å². The first-order valence-corrected chi connectivity index (χ1v) is 9.47. The lowest BCUT2D eigenvalue weighted by molar-refractivity contribution is -0.121. The Morgan fingerprint density at radius 3 is 2.92 bits per heavy atom. The molecule has 1 amide bonds. The molecule has 1 aromatic heterocycles. The van der Waals surface area contributed by atoms with Crippen molar-refractivity contribution in [3.8, 4) is 0 Å². The number of aromatic nitrogens is 2. The highest BCUT2D eigenvalue weighted by Crippen LogP contribution is 2.26. The van der Waals surface area contributed by atoms with Gasteiger partial charge in [-0.3, -0.25) is 14.5 Å². The van der Waals surface area contributed by atoms with Crippen molar-refractivity contribution in [1.82, 2.24) is 25.3 Å². The Labute approximate surface area is 149 Å². The minimum Gasteiger partial charge on any atom is -0.357 e. The van der Waals surface area contributed by atoms with E-state index in [0.717, 1.165) is 51.3 Å². The summed E-state index contributed by atoms with van der Waals surface area (Å²) in [5.74, 6) is 1.65. The molecule has 0 spiro atoms. The quantitative estimate of drug-likeness (QED) is 0.442. The normalized spacial score (nSPS) is 20.8. The Morgan fingerprint density at radius 1 is 1.40 bits per heavy atom. The molecule has 25 heavy (non-hydrogen) atoms. The predicted molar refractivity (Wildman–Crippen MR) is 98.5 cm³/mol. The summed E-state index contributed by atoms with van der Waals surface area (Å²) in [7, 11) is 1.96. The fourth-order valence-corrected chi connectivity index (χ4v) is 3.25. The molecule has 0 aromatic carbocycles. The summed E-state index contributed by atoms with van der Waals surface area (Å²) < 4.78 is 1.87. The van der Waals surface area contributed by atoms with Gasteiger partial charge in [0, 0.05) is 57.8 Å². The van der Waals surface area contributed by atoms with Crippen molar-refractivity contribution < 1.29 is 4.79 Å². The number of hydrogen-bond acceptors (Lipinski definition) is 3. The molecule has 2 aliphatic rings. The lowest BCUT2D eigenvalue weighted by Gasteiger charge is -2.21. The number of guanidine groups is 1. The van der Waals surface area contributed by atoms with E-state index in [1.54, 1.807) is 0 Å². The first-order chi connectivity index (χ1) is 12.2. The molecular weight excluding hydrogens is 316 g/mol. The van der Waals surface area contributed by atoms with Crippen LogP contribution in [0.25, 0.3) is 0 Å². The van der Waals surface area contributed by atoms with Crippen molar-refractivity contribution in [2.75, 3.05) is 26.2 Å². The molecule has 2 N–H and O–H groups in total. The van der Waals surface area contributed by atoms with E-state index in [-0.39, 0.29) is 5.91 Å². The zero-order valence-corrected chi connectivity index (χ0v) is 15.4. The van der Waals surface area contributed by atoms with Crippen LogP contribution in [0.4, 0.5) is 0 Å². The number of nitrogens with one attached hydrogen (secondary N) is 2. The summed E-state index contributed by atoms with van der Waals surface area (Å²) in [6, 6.07) is 0.447. The van der Waals surface area contributed by atoms with Crippen molar-refractivity contribution in [3.05, 3.63) is 18.0 Å². The molecule has 3 rings (SSSR count). The van der Waals surface area contributed by atoms with Crippen LogP contribution in [-0.2, 0) is 11.8 Å². The largest absolute Gasteiger partial charge is 0.357 e. The monoisotopic (exact) mass is 346 g/mol. The van der Waals surface area contributed by atoms with Crippen molar-refractivity contribution >= 4 is 11.9 Å². The molecule has 1 aromatic rings. The predicted octanol–water partition coefficient (Wildman–Crippen LogP) is 1.23. The molecule has 0 radical (unpaired) electrons. The van der Waals surface area contributed by atoms with Gasteiger partial charge in [0.15, 0.2) is 5.96 Å². The highest BCUT2D eigenvalue weighted by atomic mass is 16.1. The second kappa shape index (κ2) is 8.36. The standard InChI is InChI=1S/C18H30N6O/c1-3-19-18(20-9-4-5-17(25)22-16-6-7-16)24-10-8-14(13-24)15-11-21-23(2)12-15/h11-12,14,16H,3-10,13H2,1-2H3,(H,19,20)(H,22,25). The van der Waals surface area contributed by atoms with Crippen molar-refractivity contribution in [2.45, 2.75) is 51.0 Å². The molecule has 1 aliphatic heterocycles. The Hall–Kier alpha value is -2.05. The number of amides is 1. The number of nitrogens with zero attached hydrogens (tertiary/aromatic N) is 4. The van der Waals surface area contributed by atoms with Gasteiger partial charge in [-0.1, -0.05) is 0 Å². The van der Waals surface area contributed by atoms with Gasteiger partial charge < -0.3 is 15.5 Å². The van der Waals surface area contributed by atoms with E-state index >= 15 is 0 Å². The zero-order valence-electron chi connectivity index (χ0n) is 15.4. The highest BCUT2D eigenvalue weighted by Gasteiger charge is 2.27. The minimum atomic E-state index is 0.167. The van der Waals surface area contributed by atoms with Crippen LogP contribution in [0, 0.1) is 0 Å². The highest BCUT2D eigenvalue weighted by molar-refractivity contribution is 5.80. The Bertz CT molecular complexity index is 606. The summed E-state index contributed by atoms with van der Waals surface area (Å²) in [6.07, 6.45) is 8.85. The molecule has 1 unspecified atom stereocenters. The Kier molecular flexibility index (Phi) is 5.94. The number of aliphatic imine (C=N–C) groups is 1. The molecule has 2 heterocycles. The van der Waals surface area contributed by atoms with Gasteiger partial charge in [0.2, 0.25) is 5.91 Å². The van der Waals surface area contributed by atoms with E-state index in [4.69, 9.17) is 4.99 Å². The molecule has 1 saturated heterocycles. The van der Waals surface area contributed by atoms with Gasteiger partial charge in [0.25, 0.3) is 0 Å². The fourth-order valence-electron chi connectivity index (χ4n) is 3.25. The molecule has 7 nitrogen and oxygen atoms in total. The van der Waals surface area contributed by atoms with E-state index < -0.39 is 0 Å². The van der Waals surface area contributed by atoms with E-state index in [1.807, 2.05) is 17.9 Å². The van der Waals surface area contributed by atoms with E-state index in [1.165, 1.54) is 5.56 Å². The smallest absolute Gasteiger partial charge is 0.220 e. The van der Waals surface area contributed by atoms with Crippen LogP contribution in [-0.4, -0.2) is 58.8 Å². The topological polar surface area (TPSA) is 74.6 Å². The lowest BCUT2D eigenvalue weighted by Crippen LogP contribution is -2.40. The number of likely N-dealkylation sites (tertiary alicyclic amines) is 1. The van der Waals surface area contributed by atoms with Crippen molar-refractivity contribution in [1.29, 1.82) is 0 Å². The van der Waals surface area contributed by atoms with Crippen molar-refractivity contribution in [2.24, 2.45) is 12.0 Å². The van der Waals surface area contributed by atoms with Gasteiger partial charge >= 0.3 is 0 Å². The molecule has 1 aliphatic carbocycles. The third-order valence-corrected chi connectivity index (χ3v) is 4.78. The molecule has 1 atom stereocenters. The first-order valence-electron chi connectivity index (χ1n) is 9.47. The lowest BCUT2D eigenvalue weighted by atomic mass is 10.0. The van der Waals surface area contributed by atoms with Crippen LogP contribution >= 0.6 is 0 Å². The maximum absolute atomic E-state index is 11.7. The third-order valence-electron chi connectivity index (χ3n) is 4.78. The fraction of sp³-hybridized carbons (Fsp3) is 0.722. The van der Waals surface area contributed by atoms with Crippen LogP contribution in [0.5, 0.6) is 0 Å². The van der Waals surface area contributed by atoms with Gasteiger partial charge in [-0.2, -0.15) is 5.10 Å². The number of aryl methyl sites for hydroxylation is 1. The Morgan fingerprint density at radius 2 is 2.24 bits per heavy atom. The average Bonchev–Trinajstić information content (AvgIpc) is 3.09. The van der Waals surface area contributed by atoms with Gasteiger partial charge in [-0.25, -0.2) is 0 Å². The summed E-state index contributed by atoms with van der Waals surface area (Å²) >= 11 is 0. The summed E-state index contributed by atoms with van der Waals surface area (Å²) in [5, 5.41) is 10.7.